The summed E-state index contributed by atoms with van der Waals surface area (Å²) in [5, 5.41) is 3.48. The van der Waals surface area contributed by atoms with E-state index in [4.69, 9.17) is 4.98 Å². The number of nitrogens with zero attached hydrogens (tertiary/aromatic N) is 3. The monoisotopic (exact) mass is 332 g/mol. The Morgan fingerprint density at radius 2 is 1.76 bits per heavy atom. The van der Waals surface area contributed by atoms with Crippen LogP contribution in [0.2, 0.25) is 0 Å². The van der Waals surface area contributed by atoms with E-state index >= 15 is 0 Å². The van der Waals surface area contributed by atoms with E-state index < -0.39 is 0 Å². The molecular formula is C21H24N4. The Labute approximate surface area is 149 Å². The molecule has 0 spiro atoms. The third-order valence-electron chi connectivity index (χ3n) is 4.26. The Morgan fingerprint density at radius 1 is 0.960 bits per heavy atom. The average Bonchev–Trinajstić information content (AvgIpc) is 2.65. The van der Waals surface area contributed by atoms with Crippen molar-refractivity contribution in [2.24, 2.45) is 0 Å². The highest BCUT2D eigenvalue weighted by Crippen LogP contribution is 2.26. The molecule has 3 aromatic rings. The molecule has 1 heterocycles. The van der Waals surface area contributed by atoms with E-state index in [1.165, 1.54) is 11.1 Å². The lowest BCUT2D eigenvalue weighted by atomic mass is 10.1. The van der Waals surface area contributed by atoms with Gasteiger partial charge < -0.3 is 10.2 Å². The van der Waals surface area contributed by atoms with Gasteiger partial charge in [0.15, 0.2) is 0 Å². The first-order valence-corrected chi connectivity index (χ1v) is 8.74. The van der Waals surface area contributed by atoms with Gasteiger partial charge in [0.25, 0.3) is 0 Å². The van der Waals surface area contributed by atoms with Gasteiger partial charge in [-0.1, -0.05) is 43.3 Å². The first-order chi connectivity index (χ1) is 12.2. The van der Waals surface area contributed by atoms with Crippen molar-refractivity contribution < 1.29 is 0 Å². The molecule has 3 rings (SSSR count). The summed E-state index contributed by atoms with van der Waals surface area (Å²) < 4.78 is 0. The second-order valence-electron chi connectivity index (χ2n) is 5.91. The van der Waals surface area contributed by atoms with Crippen LogP contribution in [0.25, 0.3) is 0 Å². The largest absolute Gasteiger partial charge is 0.340 e. The summed E-state index contributed by atoms with van der Waals surface area (Å²) in [5.74, 6) is 1.51. The van der Waals surface area contributed by atoms with Crippen molar-refractivity contribution in [2.45, 2.75) is 27.2 Å². The second-order valence-corrected chi connectivity index (χ2v) is 5.91. The highest BCUT2D eigenvalue weighted by atomic mass is 15.3. The molecule has 1 aromatic heterocycles. The van der Waals surface area contributed by atoms with Crippen LogP contribution in [-0.4, -0.2) is 16.5 Å². The minimum atomic E-state index is 0.699. The molecule has 0 unspecified atom stereocenters. The molecule has 2 aromatic carbocycles. The molecule has 128 valence electrons. The molecule has 0 saturated carbocycles. The Kier molecular flexibility index (Phi) is 5.29. The van der Waals surface area contributed by atoms with E-state index in [1.807, 2.05) is 24.3 Å². The third-order valence-corrected chi connectivity index (χ3v) is 4.26. The van der Waals surface area contributed by atoms with Crippen LogP contribution < -0.4 is 10.2 Å². The molecule has 0 saturated heterocycles. The van der Waals surface area contributed by atoms with Crippen molar-refractivity contribution in [1.29, 1.82) is 0 Å². The van der Waals surface area contributed by atoms with Gasteiger partial charge >= 0.3 is 0 Å². The van der Waals surface area contributed by atoms with E-state index in [1.54, 1.807) is 6.20 Å². The van der Waals surface area contributed by atoms with Crippen molar-refractivity contribution >= 4 is 23.1 Å². The lowest BCUT2D eigenvalue weighted by Gasteiger charge is -2.21. The Bertz CT molecular complexity index is 830. The zero-order valence-corrected chi connectivity index (χ0v) is 15.0. The quantitative estimate of drug-likeness (QED) is 0.669. The first kappa shape index (κ1) is 17.0. The molecule has 1 N–H and O–H groups in total. The fraction of sp³-hybridized carbons (Fsp3) is 0.238. The van der Waals surface area contributed by atoms with Crippen LogP contribution in [-0.2, 0) is 6.42 Å². The maximum atomic E-state index is 4.74. The van der Waals surface area contributed by atoms with Crippen molar-refractivity contribution in [2.75, 3.05) is 16.8 Å². The van der Waals surface area contributed by atoms with Gasteiger partial charge in [0.2, 0.25) is 5.95 Å². The number of benzene rings is 2. The molecule has 0 bridgehead atoms. The average molecular weight is 332 g/mol. The number of hydrogen-bond donors (Lipinski definition) is 1. The maximum absolute atomic E-state index is 4.74. The lowest BCUT2D eigenvalue weighted by molar-refractivity contribution is 0.948. The van der Waals surface area contributed by atoms with Crippen LogP contribution in [0.15, 0.2) is 60.8 Å². The summed E-state index contributed by atoms with van der Waals surface area (Å²) in [6.45, 7) is 7.19. The molecule has 0 aliphatic carbocycles. The number of rotatable bonds is 6. The SMILES string of the molecule is CCc1cccc(C)c1Nc1ccnc(N(CC)c2ccccc2)n1. The van der Waals surface area contributed by atoms with Gasteiger partial charge in [-0.05, 0) is 49.6 Å². The van der Waals surface area contributed by atoms with Gasteiger partial charge in [0.05, 0.1) is 0 Å². The molecular weight excluding hydrogens is 308 g/mol. The van der Waals surface area contributed by atoms with Crippen LogP contribution in [0, 0.1) is 6.92 Å². The van der Waals surface area contributed by atoms with Gasteiger partial charge in [0.1, 0.15) is 5.82 Å². The maximum Gasteiger partial charge on any atom is 0.231 e. The van der Waals surface area contributed by atoms with Crippen LogP contribution in [0.3, 0.4) is 0 Å². The zero-order chi connectivity index (χ0) is 17.6. The van der Waals surface area contributed by atoms with E-state index in [2.05, 4.69) is 66.3 Å². The third kappa shape index (κ3) is 3.79. The van der Waals surface area contributed by atoms with Crippen LogP contribution in [0.4, 0.5) is 23.1 Å². The summed E-state index contributed by atoms with van der Waals surface area (Å²) in [6, 6.07) is 18.5. The highest BCUT2D eigenvalue weighted by Gasteiger charge is 2.11. The smallest absolute Gasteiger partial charge is 0.231 e. The van der Waals surface area contributed by atoms with Crippen molar-refractivity contribution in [3.8, 4) is 0 Å². The molecule has 0 radical (unpaired) electrons. The molecule has 4 nitrogen and oxygen atoms in total. The summed E-state index contributed by atoms with van der Waals surface area (Å²) in [6.07, 6.45) is 2.78. The van der Waals surface area contributed by atoms with Gasteiger partial charge in [-0.3, -0.25) is 0 Å². The number of hydrogen-bond acceptors (Lipinski definition) is 4. The summed E-state index contributed by atoms with van der Waals surface area (Å²) >= 11 is 0. The lowest BCUT2D eigenvalue weighted by Crippen LogP contribution is -2.19. The Balaban J connectivity index is 1.92. The van der Waals surface area contributed by atoms with Crippen molar-refractivity contribution in [1.82, 2.24) is 9.97 Å². The zero-order valence-electron chi connectivity index (χ0n) is 15.0. The van der Waals surface area contributed by atoms with E-state index in [9.17, 15) is 0 Å². The highest BCUT2D eigenvalue weighted by molar-refractivity contribution is 5.66. The number of nitrogens with one attached hydrogen (secondary N) is 1. The van der Waals surface area contributed by atoms with Gasteiger partial charge in [-0.2, -0.15) is 4.98 Å². The number of aryl methyl sites for hydroxylation is 2. The van der Waals surface area contributed by atoms with Gasteiger partial charge in [0, 0.05) is 24.1 Å². The minimum Gasteiger partial charge on any atom is -0.340 e. The number of anilines is 4. The van der Waals surface area contributed by atoms with Crippen LogP contribution >= 0.6 is 0 Å². The normalized spacial score (nSPS) is 10.5. The standard InChI is InChI=1S/C21H24N4/c1-4-17-11-9-10-16(3)20(17)23-19-14-15-22-21(24-19)25(5-2)18-12-7-6-8-13-18/h6-15H,4-5H2,1-3H3,(H,22,23,24). The molecule has 0 amide bonds. The van der Waals surface area contributed by atoms with Crippen LogP contribution in [0.1, 0.15) is 25.0 Å². The predicted molar refractivity (Wildman–Crippen MR) is 105 cm³/mol. The number of para-hydroxylation sites is 2. The van der Waals surface area contributed by atoms with Crippen LogP contribution in [0.5, 0.6) is 0 Å². The molecule has 0 aliphatic heterocycles. The van der Waals surface area contributed by atoms with Crippen molar-refractivity contribution in [3.63, 3.8) is 0 Å². The Morgan fingerprint density at radius 3 is 2.48 bits per heavy atom. The van der Waals surface area contributed by atoms with Gasteiger partial charge in [-0.15, -0.1) is 0 Å². The summed E-state index contributed by atoms with van der Waals surface area (Å²) in [7, 11) is 0. The number of aromatic nitrogens is 2. The molecule has 4 heteroatoms. The Hall–Kier alpha value is -2.88. The predicted octanol–water partition coefficient (Wildman–Crippen LogP) is 5.25. The summed E-state index contributed by atoms with van der Waals surface area (Å²) in [5.41, 5.74) is 4.73. The fourth-order valence-corrected chi connectivity index (χ4v) is 2.93. The minimum absolute atomic E-state index is 0.699. The topological polar surface area (TPSA) is 41.1 Å². The van der Waals surface area contributed by atoms with E-state index in [-0.39, 0.29) is 0 Å². The molecule has 0 atom stereocenters. The fourth-order valence-electron chi connectivity index (χ4n) is 2.93. The van der Waals surface area contributed by atoms with E-state index in [0.29, 0.717) is 5.95 Å². The molecule has 25 heavy (non-hydrogen) atoms. The second kappa shape index (κ2) is 7.79. The summed E-state index contributed by atoms with van der Waals surface area (Å²) in [4.78, 5) is 11.3. The first-order valence-electron chi connectivity index (χ1n) is 8.74. The molecule has 0 fully saturated rings. The van der Waals surface area contributed by atoms with Gasteiger partial charge in [-0.25, -0.2) is 4.98 Å². The molecule has 0 aliphatic rings. The van der Waals surface area contributed by atoms with Crippen molar-refractivity contribution in [3.05, 3.63) is 71.9 Å². The van der Waals surface area contributed by atoms with E-state index in [0.717, 1.165) is 30.2 Å².